The highest BCUT2D eigenvalue weighted by atomic mass is 35.5. The van der Waals surface area contributed by atoms with Crippen LogP contribution in [0.2, 0.25) is 15.1 Å². The van der Waals surface area contributed by atoms with Crippen molar-refractivity contribution < 1.29 is 25.3 Å². The predicted molar refractivity (Wildman–Crippen MR) is 401 cm³/mol. The highest BCUT2D eigenvalue weighted by Gasteiger charge is 2.17. The van der Waals surface area contributed by atoms with Crippen molar-refractivity contribution in [1.82, 2.24) is 55.5 Å². The van der Waals surface area contributed by atoms with E-state index in [1.54, 1.807) is 85.2 Å². The minimum Gasteiger partial charge on any atom is -0.478 e. The van der Waals surface area contributed by atoms with Crippen LogP contribution in [0, 0.1) is 75.5 Å². The minimum atomic E-state index is -1.00. The van der Waals surface area contributed by atoms with Crippen LogP contribution in [0.25, 0.3) is 32.7 Å². The van der Waals surface area contributed by atoms with Gasteiger partial charge in [-0.15, -0.1) is 12.4 Å². The number of alkyl halides is 1. The lowest BCUT2D eigenvalue weighted by atomic mass is 10.0. The molecule has 0 radical (unpaired) electrons. The molecule has 12 rings (SSSR count). The van der Waals surface area contributed by atoms with E-state index in [0.29, 0.717) is 133 Å². The first-order valence-corrected chi connectivity index (χ1v) is 32.3. The van der Waals surface area contributed by atoms with E-state index in [9.17, 15) is 34.6 Å². The quantitative estimate of drug-likeness (QED) is 0.0531. The van der Waals surface area contributed by atoms with Gasteiger partial charge in [0, 0.05) is 138 Å². The van der Waals surface area contributed by atoms with E-state index in [-0.39, 0.29) is 29.8 Å². The molecule has 9 aromatic heterocycles. The number of carbonyl (C=O) groups excluding carboxylic acids is 2. The van der Waals surface area contributed by atoms with Gasteiger partial charge < -0.3 is 38.7 Å². The number of hydrogen-bond acceptors (Lipinski definition) is 19. The first-order chi connectivity index (χ1) is 49.3. The van der Waals surface area contributed by atoms with Gasteiger partial charge >= 0.3 is 5.97 Å². The maximum atomic E-state index is 12.8. The molecule has 3 aromatic carbocycles. The summed E-state index contributed by atoms with van der Waals surface area (Å²) in [6.45, 7) is 12.8. The maximum Gasteiger partial charge on any atom is 0.335 e. The standard InChI is InChI=1S/2C25H21ClN6O.C17H10ClN3O2.C8H13N3.CH3F.ClH/c2*1-14-5-23(28)32-15(2)22(14)13-31-25(33)17-3-4-29-21(10-17)8-16-6-18-9-20(26)12-30-24(18)19(7-16)11-27;18-14-6-12-3-10(4-13(8-19)16(12)21-9-14)5-15-7-11(17(22)23)1-2-20-15;1-5-3-8(10)11-6(2)7(5)4-9;1-2;/h2*3-7,9-10,12H,8,13H2,1-2H3,(H2,28,32)(H,31,33);1-4,6-7,9H,5H2,(H,22,23);3H,4,9H2,1-2H3,(H2,10,11);1H3;1H/i;;;;1D;. The lowest BCUT2D eigenvalue weighted by Crippen LogP contribution is -2.24. The van der Waals surface area contributed by atoms with Crippen LogP contribution in [0.5, 0.6) is 0 Å². The molecule has 0 unspecified atom stereocenters. The fourth-order valence-electron chi connectivity index (χ4n) is 11.2. The summed E-state index contributed by atoms with van der Waals surface area (Å²) >= 11 is 18.1. The van der Waals surface area contributed by atoms with Gasteiger partial charge in [-0.3, -0.25) is 43.9 Å². The third-order valence-corrected chi connectivity index (χ3v) is 16.6. The number of nitrogen functional groups attached to an aromatic ring is 3. The summed E-state index contributed by atoms with van der Waals surface area (Å²) in [7, 11) is -1.00. The van der Waals surface area contributed by atoms with Crippen molar-refractivity contribution in [3.05, 3.63) is 279 Å². The maximum absolute atomic E-state index is 12.8. The van der Waals surface area contributed by atoms with Crippen molar-refractivity contribution in [1.29, 1.82) is 15.8 Å². The van der Waals surface area contributed by atoms with Gasteiger partial charge in [0.15, 0.2) is 0 Å². The summed E-state index contributed by atoms with van der Waals surface area (Å²) < 4.78 is 15.5. The number of nitrogens with one attached hydrogen (secondary N) is 2. The van der Waals surface area contributed by atoms with Crippen LogP contribution in [-0.2, 0) is 38.9 Å². The van der Waals surface area contributed by atoms with Crippen molar-refractivity contribution in [2.45, 2.75) is 80.4 Å². The molecule has 0 spiro atoms. The number of nitriles is 3. The number of carboxylic acids is 1. The number of hydrogen-bond donors (Lipinski definition) is 7. The number of halogens is 5. The van der Waals surface area contributed by atoms with Crippen molar-refractivity contribution in [2.24, 2.45) is 5.73 Å². The van der Waals surface area contributed by atoms with E-state index in [1.165, 1.54) is 36.9 Å². The van der Waals surface area contributed by atoms with Gasteiger partial charge in [-0.2, -0.15) is 15.8 Å². The first kappa shape index (κ1) is 76.9. The number of carbonyl (C=O) groups is 3. The number of rotatable bonds is 14. The van der Waals surface area contributed by atoms with Crippen molar-refractivity contribution in [3.63, 3.8) is 0 Å². The Kier molecular flexibility index (Phi) is 27.2. The second kappa shape index (κ2) is 36.5. The first-order valence-electron chi connectivity index (χ1n) is 31.8. The predicted octanol–water partition coefficient (Wildman–Crippen LogP) is 13.7. The molecule has 0 aliphatic rings. The number of carboxylic acid groups (broad SMARTS) is 1. The molecule has 103 heavy (non-hydrogen) atoms. The summed E-state index contributed by atoms with van der Waals surface area (Å²) in [5.41, 5.74) is 40.2. The normalized spacial score (nSPS) is 10.5. The second-order valence-electron chi connectivity index (χ2n) is 23.2. The molecule has 0 atom stereocenters. The molecule has 0 fully saturated rings. The van der Waals surface area contributed by atoms with Crippen molar-refractivity contribution >= 4 is 115 Å². The Hall–Kier alpha value is -11.9. The summed E-state index contributed by atoms with van der Waals surface area (Å²) in [4.78, 5) is 74.9. The third kappa shape index (κ3) is 20.9. The zero-order valence-electron chi connectivity index (χ0n) is 57.6. The van der Waals surface area contributed by atoms with Crippen molar-refractivity contribution in [2.75, 3.05) is 24.4 Å². The number of pyridine rings is 9. The third-order valence-electron chi connectivity index (χ3n) is 15.9. The Morgan fingerprint density at radius 2 is 0.786 bits per heavy atom. The van der Waals surface area contributed by atoms with Gasteiger partial charge in [0.1, 0.15) is 35.7 Å². The molecule has 27 heteroatoms. The summed E-state index contributed by atoms with van der Waals surface area (Å²) in [6, 6.07) is 38.1. The fourth-order valence-corrected chi connectivity index (χ4v) is 11.7. The summed E-state index contributed by atoms with van der Waals surface area (Å²) in [5.74, 6) is 0.0799. The topological polar surface area (TPSA) is 387 Å². The zero-order valence-corrected chi connectivity index (χ0v) is 59.7. The van der Waals surface area contributed by atoms with Gasteiger partial charge in [0.2, 0.25) is 0 Å². The average Bonchev–Trinajstić information content (AvgIpc) is 0.816. The van der Waals surface area contributed by atoms with E-state index in [1.807, 2.05) is 65.8 Å². The second-order valence-corrected chi connectivity index (χ2v) is 24.5. The number of amides is 2. The largest absolute Gasteiger partial charge is 0.478 e. The Bertz CT molecular complexity index is 5060. The number of fused-ring (bicyclic) bond motifs is 3. The summed E-state index contributed by atoms with van der Waals surface area (Å²) in [5, 5.41) is 47.1. The van der Waals surface area contributed by atoms with Crippen LogP contribution in [0.4, 0.5) is 21.8 Å². The number of nitrogens with zero attached hydrogens (tertiary/aromatic N) is 12. The Morgan fingerprint density at radius 1 is 0.485 bits per heavy atom. The number of anilines is 3. The van der Waals surface area contributed by atoms with E-state index in [4.69, 9.17) is 64.2 Å². The number of benzene rings is 3. The van der Waals surface area contributed by atoms with E-state index in [2.05, 4.69) is 73.7 Å². The Balaban J connectivity index is 0.000000201. The number of nitrogens with two attached hydrogens (primary N) is 4. The van der Waals surface area contributed by atoms with Crippen LogP contribution in [0.15, 0.2) is 146 Å². The highest BCUT2D eigenvalue weighted by molar-refractivity contribution is 6.31. The van der Waals surface area contributed by atoms with Crippen LogP contribution in [0.3, 0.4) is 0 Å². The number of aromatic nitrogens is 9. The van der Waals surface area contributed by atoms with Gasteiger partial charge in [-0.25, -0.2) is 19.7 Å². The molecule has 0 aliphatic carbocycles. The van der Waals surface area contributed by atoms with Gasteiger partial charge in [0.05, 0.1) is 62.4 Å². The molecule has 0 aliphatic heterocycles. The molecule has 22 nitrogen and oxygen atoms in total. The zero-order chi connectivity index (χ0) is 74.6. The Morgan fingerprint density at radius 3 is 1.08 bits per heavy atom. The molecule has 0 bridgehead atoms. The monoisotopic (exact) mass is 1460 g/mol. The molecule has 12 aromatic rings. The highest BCUT2D eigenvalue weighted by Crippen LogP contribution is 2.28. The van der Waals surface area contributed by atoms with Crippen LogP contribution in [0.1, 0.15) is 133 Å². The fraction of sp³-hybridized carbons (Fsp3) is 0.171. The molecule has 522 valence electrons. The lowest BCUT2D eigenvalue weighted by molar-refractivity contribution is 0.0695. The molecule has 0 saturated heterocycles. The van der Waals surface area contributed by atoms with E-state index >= 15 is 0 Å². The molecule has 0 saturated carbocycles. The molecular formula is C76H69Cl4FN18O4. The molecule has 11 N–H and O–H groups in total. The van der Waals surface area contributed by atoms with Crippen molar-refractivity contribution in [3.8, 4) is 18.2 Å². The van der Waals surface area contributed by atoms with Gasteiger partial charge in [-0.05, 0) is 201 Å². The van der Waals surface area contributed by atoms with Gasteiger partial charge in [0.25, 0.3) is 11.8 Å². The smallest absolute Gasteiger partial charge is 0.335 e. The molecule has 9 heterocycles. The van der Waals surface area contributed by atoms with Crippen LogP contribution >= 0.6 is 47.2 Å². The summed E-state index contributed by atoms with van der Waals surface area (Å²) in [6.07, 6.45) is 10.6. The number of aromatic carboxylic acids is 1. The average molecular weight is 1460 g/mol. The molecule has 2 amide bonds. The Labute approximate surface area is 615 Å². The minimum absolute atomic E-state index is 0. The van der Waals surface area contributed by atoms with E-state index in [0.717, 1.165) is 83.3 Å². The van der Waals surface area contributed by atoms with E-state index < -0.39 is 13.1 Å². The SMILES string of the molecule is Cc1cc(N)nc(C)c1CN.Cc1cc(N)nc(C)c1CNC(=O)c1ccnc(Cc2cc(C#N)c3ncc(Cl)cc3c2)c1.Cc1cc(N)nc(C)c1CNC(=O)c1ccnc(Cc2cc(C#N)c3ncc(Cl)cc3c2)c1.Cl.N#Cc1cc(Cc2cc(C(=O)O)ccn2)cc2cc(Cl)cnc12.[2H]CF. The van der Waals surface area contributed by atoms with Crippen LogP contribution in [-0.4, -0.2) is 74.9 Å². The number of aryl methyl sites for hydroxylation is 6. The lowest BCUT2D eigenvalue weighted by Gasteiger charge is -2.12. The van der Waals surface area contributed by atoms with Crippen LogP contribution < -0.4 is 33.6 Å². The molecular weight excluding hydrogens is 1390 g/mol. The van der Waals surface area contributed by atoms with Gasteiger partial charge in [-0.1, -0.05) is 34.8 Å².